The molecular formula is C11H23FN2O3S. The van der Waals surface area contributed by atoms with Crippen LogP contribution in [0.4, 0.5) is 4.39 Å². The van der Waals surface area contributed by atoms with Crippen LogP contribution < -0.4 is 0 Å². The molecule has 0 radical (unpaired) electrons. The van der Waals surface area contributed by atoms with Gasteiger partial charge in [-0.1, -0.05) is 0 Å². The molecule has 1 aliphatic rings. The van der Waals surface area contributed by atoms with E-state index in [1.165, 1.54) is 4.31 Å². The van der Waals surface area contributed by atoms with Crippen LogP contribution in [0.1, 0.15) is 20.3 Å². The Balaban J connectivity index is 2.54. The topological polar surface area (TPSA) is 60.9 Å². The summed E-state index contributed by atoms with van der Waals surface area (Å²) in [5, 5.41) is 9.27. The Hall–Kier alpha value is -0.240. The third-order valence-corrected chi connectivity index (χ3v) is 5.37. The summed E-state index contributed by atoms with van der Waals surface area (Å²) in [6, 6.07) is 0. The molecule has 0 aromatic carbocycles. The van der Waals surface area contributed by atoms with Gasteiger partial charge in [-0.25, -0.2) is 8.42 Å². The summed E-state index contributed by atoms with van der Waals surface area (Å²) in [7, 11) is -3.32. The number of aliphatic hydroxyl groups is 1. The monoisotopic (exact) mass is 282 g/mol. The summed E-state index contributed by atoms with van der Waals surface area (Å²) in [4.78, 5) is 2.08. The normalized spacial score (nSPS) is 20.2. The van der Waals surface area contributed by atoms with Crippen molar-refractivity contribution in [3.63, 3.8) is 0 Å². The van der Waals surface area contributed by atoms with Crippen LogP contribution in [0.25, 0.3) is 0 Å². The van der Waals surface area contributed by atoms with Gasteiger partial charge < -0.3 is 5.11 Å². The van der Waals surface area contributed by atoms with Gasteiger partial charge in [0, 0.05) is 31.7 Å². The molecule has 108 valence electrons. The van der Waals surface area contributed by atoms with Gasteiger partial charge in [-0.2, -0.15) is 4.31 Å². The Morgan fingerprint density at radius 1 is 1.22 bits per heavy atom. The molecule has 0 atom stereocenters. The van der Waals surface area contributed by atoms with E-state index in [1.54, 1.807) is 0 Å². The molecule has 0 aliphatic carbocycles. The second kappa shape index (κ2) is 6.27. The number of hydrogen-bond acceptors (Lipinski definition) is 4. The summed E-state index contributed by atoms with van der Waals surface area (Å²) in [5.74, 6) is -0.118. The minimum absolute atomic E-state index is 0.0433. The molecule has 1 heterocycles. The molecule has 0 bridgehead atoms. The van der Waals surface area contributed by atoms with E-state index in [2.05, 4.69) is 4.90 Å². The molecule has 0 aromatic heterocycles. The molecule has 0 unspecified atom stereocenters. The van der Waals surface area contributed by atoms with Gasteiger partial charge in [-0.3, -0.25) is 9.29 Å². The fourth-order valence-corrected chi connectivity index (χ4v) is 3.49. The maximum Gasteiger partial charge on any atom is 0.214 e. The number of piperazine rings is 1. The van der Waals surface area contributed by atoms with Crippen LogP contribution in [0.2, 0.25) is 0 Å². The van der Waals surface area contributed by atoms with Crippen molar-refractivity contribution in [1.29, 1.82) is 0 Å². The number of alkyl halides is 1. The fraction of sp³-hybridized carbons (Fsp3) is 1.00. The number of nitrogens with zero attached hydrogens (tertiary/aromatic N) is 2. The number of hydrogen-bond donors (Lipinski definition) is 1. The van der Waals surface area contributed by atoms with Crippen LogP contribution in [0.5, 0.6) is 0 Å². The van der Waals surface area contributed by atoms with Gasteiger partial charge in [0.05, 0.1) is 19.0 Å². The summed E-state index contributed by atoms with van der Waals surface area (Å²) in [6.07, 6.45) is 0.0602. The predicted molar refractivity (Wildman–Crippen MR) is 68.7 cm³/mol. The maximum absolute atomic E-state index is 12.0. The third-order valence-electron chi connectivity index (χ3n) is 3.41. The first-order valence-corrected chi connectivity index (χ1v) is 7.84. The minimum Gasteiger partial charge on any atom is -0.394 e. The second-order valence-corrected chi connectivity index (χ2v) is 7.30. The molecule has 1 fully saturated rings. The summed E-state index contributed by atoms with van der Waals surface area (Å²) >= 11 is 0. The lowest BCUT2D eigenvalue weighted by Crippen LogP contribution is -2.57. The molecule has 1 N–H and O–H groups in total. The van der Waals surface area contributed by atoms with E-state index in [0.717, 1.165) is 0 Å². The van der Waals surface area contributed by atoms with Gasteiger partial charge in [0.1, 0.15) is 0 Å². The van der Waals surface area contributed by atoms with E-state index in [4.69, 9.17) is 0 Å². The zero-order valence-corrected chi connectivity index (χ0v) is 11.9. The largest absolute Gasteiger partial charge is 0.394 e. The van der Waals surface area contributed by atoms with Crippen molar-refractivity contribution < 1.29 is 17.9 Å². The van der Waals surface area contributed by atoms with Crippen LogP contribution in [0, 0.1) is 0 Å². The number of aliphatic hydroxyl groups excluding tert-OH is 1. The highest BCUT2D eigenvalue weighted by atomic mass is 32.2. The molecule has 0 aromatic rings. The molecule has 0 spiro atoms. The van der Waals surface area contributed by atoms with Gasteiger partial charge in [0.2, 0.25) is 10.0 Å². The van der Waals surface area contributed by atoms with Crippen molar-refractivity contribution in [3.05, 3.63) is 0 Å². The zero-order chi connectivity index (χ0) is 13.8. The van der Waals surface area contributed by atoms with Crippen LogP contribution in [0.15, 0.2) is 0 Å². The van der Waals surface area contributed by atoms with E-state index in [-0.39, 0.29) is 24.3 Å². The van der Waals surface area contributed by atoms with Crippen LogP contribution in [-0.4, -0.2) is 73.5 Å². The lowest BCUT2D eigenvalue weighted by molar-refractivity contribution is 0.0334. The van der Waals surface area contributed by atoms with Crippen molar-refractivity contribution in [2.45, 2.75) is 25.8 Å². The van der Waals surface area contributed by atoms with Crippen molar-refractivity contribution in [1.82, 2.24) is 9.21 Å². The standard InChI is InChI=1S/C11H23FN2O3S/c1-11(2,10-15)13-5-7-14(8-6-13)18(16,17)9-3-4-12/h15H,3-10H2,1-2H3. The average molecular weight is 282 g/mol. The van der Waals surface area contributed by atoms with Gasteiger partial charge in [0.25, 0.3) is 0 Å². The van der Waals surface area contributed by atoms with E-state index < -0.39 is 16.7 Å². The maximum atomic E-state index is 12.0. The summed E-state index contributed by atoms with van der Waals surface area (Å²) < 4.78 is 37.2. The van der Waals surface area contributed by atoms with Gasteiger partial charge in [-0.15, -0.1) is 0 Å². The molecule has 0 amide bonds. The SMILES string of the molecule is CC(C)(CO)N1CCN(S(=O)(=O)CCCF)CC1. The molecule has 1 rings (SSSR count). The first-order valence-electron chi connectivity index (χ1n) is 6.23. The Labute approximate surface area is 109 Å². The first-order chi connectivity index (χ1) is 8.33. The number of sulfonamides is 1. The van der Waals surface area contributed by atoms with E-state index in [0.29, 0.717) is 26.2 Å². The van der Waals surface area contributed by atoms with Gasteiger partial charge in [0.15, 0.2) is 0 Å². The zero-order valence-electron chi connectivity index (χ0n) is 11.1. The fourth-order valence-electron chi connectivity index (χ4n) is 2.04. The number of halogens is 1. The molecule has 1 saturated heterocycles. The molecule has 7 heteroatoms. The molecular weight excluding hydrogens is 259 g/mol. The summed E-state index contributed by atoms with van der Waals surface area (Å²) in [6.45, 7) is 5.33. The Bertz CT molecular complexity index is 351. The third kappa shape index (κ3) is 3.88. The molecule has 18 heavy (non-hydrogen) atoms. The van der Waals surface area contributed by atoms with E-state index in [9.17, 15) is 17.9 Å². The smallest absolute Gasteiger partial charge is 0.214 e. The van der Waals surface area contributed by atoms with E-state index >= 15 is 0 Å². The van der Waals surface area contributed by atoms with Crippen molar-refractivity contribution in [2.24, 2.45) is 0 Å². The van der Waals surface area contributed by atoms with Crippen LogP contribution in [0.3, 0.4) is 0 Å². The first kappa shape index (κ1) is 15.8. The van der Waals surface area contributed by atoms with Gasteiger partial charge in [-0.05, 0) is 20.3 Å². The van der Waals surface area contributed by atoms with Crippen molar-refractivity contribution >= 4 is 10.0 Å². The van der Waals surface area contributed by atoms with E-state index in [1.807, 2.05) is 13.8 Å². The van der Waals surface area contributed by atoms with Crippen molar-refractivity contribution in [2.75, 3.05) is 45.2 Å². The highest BCUT2D eigenvalue weighted by Gasteiger charge is 2.32. The van der Waals surface area contributed by atoms with Gasteiger partial charge >= 0.3 is 0 Å². The van der Waals surface area contributed by atoms with Crippen LogP contribution >= 0.6 is 0 Å². The number of rotatable bonds is 6. The summed E-state index contributed by atoms with van der Waals surface area (Å²) in [5.41, 5.74) is -0.325. The van der Waals surface area contributed by atoms with Crippen LogP contribution in [-0.2, 0) is 10.0 Å². The quantitative estimate of drug-likeness (QED) is 0.748. The molecule has 1 aliphatic heterocycles. The molecule has 5 nitrogen and oxygen atoms in total. The highest BCUT2D eigenvalue weighted by Crippen LogP contribution is 2.18. The predicted octanol–water partition coefficient (Wildman–Crippen LogP) is 0.0643. The minimum atomic E-state index is -3.32. The molecule has 0 saturated carbocycles. The lowest BCUT2D eigenvalue weighted by Gasteiger charge is -2.42. The highest BCUT2D eigenvalue weighted by molar-refractivity contribution is 7.89. The average Bonchev–Trinajstić information content (AvgIpc) is 2.36. The second-order valence-electron chi connectivity index (χ2n) is 5.22. The Morgan fingerprint density at radius 2 is 1.78 bits per heavy atom. The Morgan fingerprint density at radius 3 is 2.22 bits per heavy atom. The Kier molecular flexibility index (Phi) is 5.51. The lowest BCUT2D eigenvalue weighted by atomic mass is 10.0. The van der Waals surface area contributed by atoms with Crippen molar-refractivity contribution in [3.8, 4) is 0 Å².